The summed E-state index contributed by atoms with van der Waals surface area (Å²) in [4.78, 5) is 8.66. The monoisotopic (exact) mass is 274 g/mol. The minimum atomic E-state index is -0.403. The van der Waals surface area contributed by atoms with Crippen molar-refractivity contribution in [3.8, 4) is 11.6 Å². The van der Waals surface area contributed by atoms with Crippen LogP contribution in [-0.2, 0) is 10.3 Å². The maximum atomic E-state index is 5.92. The topological polar surface area (TPSA) is 87.1 Å². The second-order valence-electron chi connectivity index (χ2n) is 5.00. The van der Waals surface area contributed by atoms with Gasteiger partial charge >= 0.3 is 0 Å². The predicted molar refractivity (Wildman–Crippen MR) is 73.7 cm³/mol. The summed E-state index contributed by atoms with van der Waals surface area (Å²) in [6.45, 7) is 2.62. The van der Waals surface area contributed by atoms with Crippen molar-refractivity contribution >= 4 is 5.69 Å². The lowest BCUT2D eigenvalue weighted by Crippen LogP contribution is -2.27. The molecular weight excluding hydrogens is 256 g/mol. The van der Waals surface area contributed by atoms with Crippen LogP contribution in [0.5, 0.6) is 0 Å². The molecule has 6 nitrogen and oxygen atoms in total. The number of rotatable bonds is 4. The number of nitrogen functional groups attached to an aromatic ring is 1. The Morgan fingerprint density at radius 1 is 1.40 bits per heavy atom. The van der Waals surface area contributed by atoms with Gasteiger partial charge in [0.15, 0.2) is 5.69 Å². The van der Waals surface area contributed by atoms with Gasteiger partial charge in [-0.15, -0.1) is 0 Å². The molecule has 0 atom stereocenters. The molecule has 106 valence electrons. The summed E-state index contributed by atoms with van der Waals surface area (Å²) in [5.74, 6) is 0.959. The summed E-state index contributed by atoms with van der Waals surface area (Å²) >= 11 is 0. The lowest BCUT2D eigenvalue weighted by Gasteiger charge is -2.24. The summed E-state index contributed by atoms with van der Waals surface area (Å²) in [5, 5.41) is 4.10. The smallest absolute Gasteiger partial charge is 0.278 e. The molecule has 0 unspecified atom stereocenters. The molecule has 0 amide bonds. The number of hydrogen-bond acceptors (Lipinski definition) is 6. The van der Waals surface area contributed by atoms with Gasteiger partial charge in [-0.25, -0.2) is 4.98 Å². The van der Waals surface area contributed by atoms with Crippen molar-refractivity contribution < 1.29 is 9.26 Å². The fourth-order valence-corrected chi connectivity index (χ4v) is 2.76. The third-order valence-corrected chi connectivity index (χ3v) is 3.71. The Hall–Kier alpha value is -1.95. The lowest BCUT2D eigenvalue weighted by molar-refractivity contribution is -0.0469. The minimum absolute atomic E-state index is 0.351. The molecule has 20 heavy (non-hydrogen) atoms. The van der Waals surface area contributed by atoms with Gasteiger partial charge in [0.05, 0.1) is 5.69 Å². The molecule has 1 fully saturated rings. The van der Waals surface area contributed by atoms with Crippen LogP contribution in [0, 0.1) is 0 Å². The zero-order valence-electron chi connectivity index (χ0n) is 11.5. The zero-order chi connectivity index (χ0) is 14.0. The van der Waals surface area contributed by atoms with E-state index in [-0.39, 0.29) is 0 Å². The summed E-state index contributed by atoms with van der Waals surface area (Å²) in [7, 11) is 0. The molecule has 0 aliphatic heterocycles. The van der Waals surface area contributed by atoms with Crippen molar-refractivity contribution in [1.29, 1.82) is 0 Å². The number of ether oxygens (including phenoxy) is 1. The van der Waals surface area contributed by atoms with Crippen molar-refractivity contribution in [2.75, 3.05) is 12.3 Å². The fourth-order valence-electron chi connectivity index (χ4n) is 2.76. The van der Waals surface area contributed by atoms with Gasteiger partial charge in [0, 0.05) is 12.8 Å². The number of hydrogen-bond donors (Lipinski definition) is 1. The number of aromatic nitrogens is 3. The summed E-state index contributed by atoms with van der Waals surface area (Å²) < 4.78 is 11.3. The zero-order valence-corrected chi connectivity index (χ0v) is 11.5. The normalized spacial score (nSPS) is 17.4. The molecular formula is C14H18N4O2. The third-order valence-electron chi connectivity index (χ3n) is 3.71. The number of pyridine rings is 1. The van der Waals surface area contributed by atoms with Crippen molar-refractivity contribution in [1.82, 2.24) is 15.1 Å². The lowest BCUT2D eigenvalue weighted by atomic mass is 10.0. The van der Waals surface area contributed by atoms with Gasteiger partial charge in [0.1, 0.15) is 5.60 Å². The largest absolute Gasteiger partial charge is 0.397 e. The van der Waals surface area contributed by atoms with E-state index in [2.05, 4.69) is 15.1 Å². The van der Waals surface area contributed by atoms with E-state index in [0.29, 0.717) is 29.7 Å². The highest BCUT2D eigenvalue weighted by molar-refractivity contribution is 5.65. The molecule has 1 aliphatic rings. The molecule has 0 bridgehead atoms. The van der Waals surface area contributed by atoms with E-state index in [1.165, 1.54) is 0 Å². The van der Waals surface area contributed by atoms with Crippen LogP contribution in [0.3, 0.4) is 0 Å². The van der Waals surface area contributed by atoms with E-state index in [1.54, 1.807) is 18.3 Å². The number of nitrogens with zero attached hydrogens (tertiary/aromatic N) is 3. The molecule has 2 aromatic rings. The van der Waals surface area contributed by atoms with Gasteiger partial charge in [-0.3, -0.25) is 0 Å². The first-order chi connectivity index (χ1) is 9.75. The SMILES string of the molecule is CCOC1(c2noc(-c3ncccc3N)n2)CCCC1. The summed E-state index contributed by atoms with van der Waals surface area (Å²) in [6.07, 6.45) is 5.75. The quantitative estimate of drug-likeness (QED) is 0.921. The van der Waals surface area contributed by atoms with Crippen LogP contribution < -0.4 is 5.73 Å². The summed E-state index contributed by atoms with van der Waals surface area (Å²) in [5.41, 5.74) is 6.53. The van der Waals surface area contributed by atoms with Crippen LogP contribution in [0.1, 0.15) is 38.4 Å². The van der Waals surface area contributed by atoms with E-state index < -0.39 is 5.60 Å². The molecule has 2 aromatic heterocycles. The second-order valence-corrected chi connectivity index (χ2v) is 5.00. The van der Waals surface area contributed by atoms with E-state index in [0.717, 1.165) is 25.7 Å². The van der Waals surface area contributed by atoms with Gasteiger partial charge < -0.3 is 15.0 Å². The molecule has 1 saturated carbocycles. The highest BCUT2D eigenvalue weighted by atomic mass is 16.5. The molecule has 0 saturated heterocycles. The average Bonchev–Trinajstić information content (AvgIpc) is 3.09. The summed E-state index contributed by atoms with van der Waals surface area (Å²) in [6, 6.07) is 3.54. The first kappa shape index (κ1) is 13.1. The van der Waals surface area contributed by atoms with Gasteiger partial charge in [-0.1, -0.05) is 5.16 Å². The van der Waals surface area contributed by atoms with Crippen molar-refractivity contribution in [2.24, 2.45) is 0 Å². The minimum Gasteiger partial charge on any atom is -0.397 e. The molecule has 2 heterocycles. The highest BCUT2D eigenvalue weighted by Crippen LogP contribution is 2.41. The Balaban J connectivity index is 1.95. The van der Waals surface area contributed by atoms with Crippen LogP contribution in [-0.4, -0.2) is 21.7 Å². The van der Waals surface area contributed by atoms with Gasteiger partial charge in [0.25, 0.3) is 5.89 Å². The molecule has 0 aromatic carbocycles. The van der Waals surface area contributed by atoms with E-state index in [1.807, 2.05) is 6.92 Å². The third kappa shape index (κ3) is 2.16. The van der Waals surface area contributed by atoms with Crippen LogP contribution in [0.15, 0.2) is 22.9 Å². The van der Waals surface area contributed by atoms with Crippen LogP contribution >= 0.6 is 0 Å². The Morgan fingerprint density at radius 2 is 2.20 bits per heavy atom. The Labute approximate surface area is 117 Å². The molecule has 2 N–H and O–H groups in total. The maximum Gasteiger partial charge on any atom is 0.278 e. The fraction of sp³-hybridized carbons (Fsp3) is 0.500. The standard InChI is InChI=1S/C14H18N4O2/c1-2-19-14(7-3-4-8-14)13-17-12(20-18-13)11-10(15)6-5-9-16-11/h5-6,9H,2-4,7-8,15H2,1H3. The van der Waals surface area contributed by atoms with Gasteiger partial charge in [0.2, 0.25) is 5.82 Å². The van der Waals surface area contributed by atoms with Gasteiger partial charge in [-0.2, -0.15) is 4.98 Å². The van der Waals surface area contributed by atoms with E-state index in [4.69, 9.17) is 15.0 Å². The average molecular weight is 274 g/mol. The number of anilines is 1. The number of nitrogens with two attached hydrogens (primary N) is 1. The van der Waals surface area contributed by atoms with Crippen LogP contribution in [0.2, 0.25) is 0 Å². The van der Waals surface area contributed by atoms with Crippen LogP contribution in [0.25, 0.3) is 11.6 Å². The Bertz CT molecular complexity index is 590. The van der Waals surface area contributed by atoms with Crippen molar-refractivity contribution in [2.45, 2.75) is 38.2 Å². The Morgan fingerprint density at radius 3 is 2.90 bits per heavy atom. The molecule has 6 heteroatoms. The molecule has 3 rings (SSSR count). The molecule has 1 aliphatic carbocycles. The van der Waals surface area contributed by atoms with E-state index in [9.17, 15) is 0 Å². The second kappa shape index (κ2) is 5.20. The predicted octanol–water partition coefficient (Wildman–Crippen LogP) is 2.52. The van der Waals surface area contributed by atoms with E-state index >= 15 is 0 Å². The maximum absolute atomic E-state index is 5.92. The molecule has 0 spiro atoms. The van der Waals surface area contributed by atoms with Crippen molar-refractivity contribution in [3.63, 3.8) is 0 Å². The van der Waals surface area contributed by atoms with Crippen molar-refractivity contribution in [3.05, 3.63) is 24.2 Å². The first-order valence-electron chi connectivity index (χ1n) is 6.94. The van der Waals surface area contributed by atoms with Crippen LogP contribution in [0.4, 0.5) is 5.69 Å². The van der Waals surface area contributed by atoms with Gasteiger partial charge in [-0.05, 0) is 44.7 Å². The molecule has 0 radical (unpaired) electrons. The first-order valence-corrected chi connectivity index (χ1v) is 6.94. The highest BCUT2D eigenvalue weighted by Gasteiger charge is 2.41. The Kier molecular flexibility index (Phi) is 3.40.